The lowest BCUT2D eigenvalue weighted by Gasteiger charge is -2.14. The molecule has 442 valence electrons. The fraction of sp³-hybridized carbons (Fsp3) is 0.443. The van der Waals surface area contributed by atoms with Crippen molar-refractivity contribution in [3.8, 4) is 45.0 Å². The number of hydrogen-bond donors (Lipinski definition) is 0. The van der Waals surface area contributed by atoms with Gasteiger partial charge in [0.1, 0.15) is 28.2 Å². The van der Waals surface area contributed by atoms with E-state index in [0.717, 1.165) is 58.5 Å². The zero-order chi connectivity index (χ0) is 69.3. The van der Waals surface area contributed by atoms with Gasteiger partial charge < -0.3 is 0 Å². The molecule has 8 rings (SSSR count). The van der Waals surface area contributed by atoms with Gasteiger partial charge in [-0.1, -0.05) is 155 Å². The van der Waals surface area contributed by atoms with E-state index >= 15 is 0 Å². The first-order valence-corrected chi connectivity index (χ1v) is 30.5. The largest absolute Gasteiger partial charge is 0.212 e. The van der Waals surface area contributed by atoms with Crippen LogP contribution in [0.25, 0.3) is 45.0 Å². The van der Waals surface area contributed by atoms with Gasteiger partial charge in [-0.25, -0.2) is 18.3 Å². The molecule has 4 heteroatoms. The predicted octanol–water partition coefficient (Wildman–Crippen LogP) is 18.1. The van der Waals surface area contributed by atoms with Gasteiger partial charge in [-0.2, -0.15) is 0 Å². The highest BCUT2D eigenvalue weighted by atomic mass is 14.9. The van der Waals surface area contributed by atoms with Gasteiger partial charge >= 0.3 is 0 Å². The lowest BCUT2D eigenvalue weighted by Crippen LogP contribution is -2.32. The summed E-state index contributed by atoms with van der Waals surface area (Å²) in [5.41, 5.74) is 22.4. The molecule has 8 aromatic rings. The SMILES string of the molecule is Cc1cc(-c2ccccc2C)[n+](C)cc1CC(C)C.Cc1ccccc1-c1cc(CC(C)C)c(CC(C)C)c[n+]1C.[2H]C([2H])([2H])c1ccc(-c2cc(C)c(C([2H])([2H])C(C)C)c[n+]2C)c(C)c1.[2H]C([2H])(c1cc(-c2ccccc2C)[n+](C)cc1C([2H])([2H])C(C)C)C(C)C. The maximum absolute atomic E-state index is 8.66. The molecule has 83 heavy (non-hydrogen) atoms. The first kappa shape index (κ1) is 54.4. The molecule has 0 spiro atoms. The highest BCUT2D eigenvalue weighted by Crippen LogP contribution is 2.29. The van der Waals surface area contributed by atoms with Crippen LogP contribution in [-0.4, -0.2) is 0 Å². The van der Waals surface area contributed by atoms with Crippen LogP contribution in [0.1, 0.15) is 168 Å². The van der Waals surface area contributed by atoms with Crippen molar-refractivity contribution in [2.75, 3.05) is 0 Å². The van der Waals surface area contributed by atoms with E-state index in [1.165, 1.54) is 55.9 Å². The Hall–Kier alpha value is -6.52. The van der Waals surface area contributed by atoms with Gasteiger partial charge in [0.2, 0.25) is 22.8 Å². The van der Waals surface area contributed by atoms with E-state index in [4.69, 9.17) is 12.3 Å². The van der Waals surface area contributed by atoms with Crippen molar-refractivity contribution in [2.45, 2.75) is 170 Å². The van der Waals surface area contributed by atoms with Crippen LogP contribution in [-0.2, 0) is 66.6 Å². The molecule has 0 aliphatic heterocycles. The second-order valence-corrected chi connectivity index (χ2v) is 25.4. The Morgan fingerprint density at radius 1 is 0.313 bits per heavy atom. The van der Waals surface area contributed by atoms with Crippen molar-refractivity contribution < 1.29 is 30.6 Å². The summed E-state index contributed by atoms with van der Waals surface area (Å²) in [5, 5.41) is 0. The van der Waals surface area contributed by atoms with E-state index in [9.17, 15) is 0 Å². The number of rotatable bonds is 16. The molecule has 4 aromatic heterocycles. The minimum absolute atomic E-state index is 0.127. The molecule has 0 N–H and O–H groups in total. The number of hydrogen-bond acceptors (Lipinski definition) is 0. The lowest BCUT2D eigenvalue weighted by molar-refractivity contribution is -0.661. The minimum Gasteiger partial charge on any atom is -0.201 e. The van der Waals surface area contributed by atoms with Crippen molar-refractivity contribution in [3.05, 3.63) is 212 Å². The van der Waals surface area contributed by atoms with E-state index in [2.05, 4.69) is 159 Å². The summed E-state index contributed by atoms with van der Waals surface area (Å²) in [4.78, 5) is 0. The number of aryl methyl sites for hydroxylation is 11. The molecule has 4 nitrogen and oxygen atoms in total. The lowest BCUT2D eigenvalue weighted by atomic mass is 9.92. The van der Waals surface area contributed by atoms with Gasteiger partial charge in [-0.05, 0) is 191 Å². The van der Waals surface area contributed by atoms with E-state index < -0.39 is 26.0 Å². The Morgan fingerprint density at radius 2 is 0.639 bits per heavy atom. The van der Waals surface area contributed by atoms with Gasteiger partial charge in [0.15, 0.2) is 24.8 Å². The zero-order valence-electron chi connectivity index (χ0n) is 64.2. The summed E-state index contributed by atoms with van der Waals surface area (Å²) in [6.07, 6.45) is 7.08. The van der Waals surface area contributed by atoms with Crippen LogP contribution >= 0.6 is 0 Å². The Bertz CT molecular complexity index is 3800. The Kier molecular flexibility index (Phi) is 20.6. The Labute approximate surface area is 519 Å². The van der Waals surface area contributed by atoms with Crippen LogP contribution in [0, 0.1) is 83.9 Å². The third-order valence-corrected chi connectivity index (χ3v) is 14.8. The third-order valence-electron chi connectivity index (χ3n) is 14.8. The van der Waals surface area contributed by atoms with Crippen molar-refractivity contribution in [3.63, 3.8) is 0 Å². The highest BCUT2D eigenvalue weighted by Gasteiger charge is 2.22. The van der Waals surface area contributed by atoms with Gasteiger partial charge in [0, 0.05) is 81.1 Å². The van der Waals surface area contributed by atoms with Crippen molar-refractivity contribution >= 4 is 0 Å². The van der Waals surface area contributed by atoms with Crippen LogP contribution in [0.4, 0.5) is 0 Å². The van der Waals surface area contributed by atoms with E-state index in [1.807, 2.05) is 134 Å². The molecule has 0 fully saturated rings. The van der Waals surface area contributed by atoms with Gasteiger partial charge in [-0.15, -0.1) is 0 Å². The quantitative estimate of drug-likeness (QED) is 0.0857. The average molecular weight is 1120 g/mol. The molecule has 0 aliphatic carbocycles. The fourth-order valence-electron chi connectivity index (χ4n) is 10.8. The first-order chi connectivity index (χ1) is 42.6. The van der Waals surface area contributed by atoms with Gasteiger partial charge in [0.25, 0.3) is 0 Å². The fourth-order valence-corrected chi connectivity index (χ4v) is 10.8. The predicted molar refractivity (Wildman–Crippen MR) is 357 cm³/mol. The second-order valence-electron chi connectivity index (χ2n) is 25.4. The standard InChI is InChI=1S/2C21H30N.C19H26N.C18H24N/c2*1-15(2)11-18-13-21(20-10-8-7-9-17(20)5)22(6)14-19(18)12-16(3)4;1-13(2)9-17-12-20(6)19(11-15(17)4)18-8-7-14(3)10-16(18)5;1-13(2)10-16-12-19(5)18(11-15(16)4)17-9-7-6-8-14(17)3/h2*7-10,13-16H,11-12H2,1-6H3;7-8,10-13H,9H2,1-6H3;6-9,11-13H,10H2,1-5H3/q4*+1/i11D2,12D2;;3D3,9D2;. The molecule has 0 saturated heterocycles. The van der Waals surface area contributed by atoms with E-state index in [0.29, 0.717) is 40.0 Å². The topological polar surface area (TPSA) is 15.5 Å². The monoisotopic (exact) mass is 1120 g/mol. The molecule has 0 amide bonds. The van der Waals surface area contributed by atoms with Crippen LogP contribution < -0.4 is 18.3 Å². The summed E-state index contributed by atoms with van der Waals surface area (Å²) in [6, 6.07) is 39.0. The maximum atomic E-state index is 8.66. The summed E-state index contributed by atoms with van der Waals surface area (Å²) < 4.78 is 82.2. The number of pyridine rings is 4. The van der Waals surface area contributed by atoms with E-state index in [-0.39, 0.29) is 17.8 Å². The second kappa shape index (κ2) is 31.4. The molecule has 4 heterocycles. The number of nitrogens with zero attached hydrogens (tertiary/aromatic N) is 4. The number of benzene rings is 4. The maximum Gasteiger partial charge on any atom is 0.212 e. The molecular formula is C79H110N4+4. The summed E-state index contributed by atoms with van der Waals surface area (Å²) in [6.45, 7) is 35.2. The van der Waals surface area contributed by atoms with Gasteiger partial charge in [0.05, 0.1) is 0 Å². The van der Waals surface area contributed by atoms with Crippen molar-refractivity contribution in [1.29, 1.82) is 0 Å². The van der Waals surface area contributed by atoms with Crippen LogP contribution in [0.3, 0.4) is 0 Å². The van der Waals surface area contributed by atoms with Gasteiger partial charge in [-0.3, -0.25) is 0 Å². The smallest absolute Gasteiger partial charge is 0.201 e. The van der Waals surface area contributed by atoms with Crippen molar-refractivity contribution in [2.24, 2.45) is 63.7 Å². The molecular weight excluding hydrogens is 1000 g/mol. The molecule has 0 saturated carbocycles. The normalized spacial score (nSPS) is 13.6. The molecule has 0 radical (unpaired) electrons. The van der Waals surface area contributed by atoms with Crippen LogP contribution in [0.5, 0.6) is 0 Å². The number of aromatic nitrogens is 4. The zero-order valence-corrected chi connectivity index (χ0v) is 55.2. The summed E-state index contributed by atoms with van der Waals surface area (Å²) in [5.74, 6) is 1.43. The molecule has 0 atom stereocenters. The van der Waals surface area contributed by atoms with Crippen LogP contribution in [0.2, 0.25) is 0 Å². The Morgan fingerprint density at radius 3 is 1.05 bits per heavy atom. The minimum atomic E-state index is -2.11. The van der Waals surface area contributed by atoms with E-state index in [1.54, 1.807) is 18.3 Å². The molecule has 0 bridgehead atoms. The first-order valence-electron chi connectivity index (χ1n) is 35.0. The van der Waals surface area contributed by atoms with Crippen LogP contribution in [0.15, 0.2) is 140 Å². The molecule has 0 unspecified atom stereocenters. The van der Waals surface area contributed by atoms with Crippen molar-refractivity contribution in [1.82, 2.24) is 0 Å². The third kappa shape index (κ3) is 19.8. The summed E-state index contributed by atoms with van der Waals surface area (Å²) in [7, 11) is 8.11. The highest BCUT2D eigenvalue weighted by molar-refractivity contribution is 5.65. The average Bonchev–Trinajstić information content (AvgIpc) is 0.771. The summed E-state index contributed by atoms with van der Waals surface area (Å²) >= 11 is 0. The molecule has 0 aliphatic rings. The molecule has 4 aromatic carbocycles. The Balaban J connectivity index is 0.000000224.